The molecule has 1 aliphatic rings. The molecule has 1 aromatic carbocycles. The second-order valence-corrected chi connectivity index (χ2v) is 6.22. The standard InChI is InChI=1S/C16H24ClN3O/c1-12-3-4-14(17)9-15(12)19-16(21)11-20-7-5-13(6-8-20)10-18-2/h3-4,9,13,18H,5-8,10-11H2,1-2H3,(H,19,21). The Balaban J connectivity index is 1.81. The number of halogens is 1. The zero-order valence-electron chi connectivity index (χ0n) is 12.8. The summed E-state index contributed by atoms with van der Waals surface area (Å²) in [7, 11) is 1.99. The Hall–Kier alpha value is -1.10. The lowest BCUT2D eigenvalue weighted by atomic mass is 9.97. The van der Waals surface area contributed by atoms with Crippen molar-refractivity contribution >= 4 is 23.2 Å². The summed E-state index contributed by atoms with van der Waals surface area (Å²) in [6, 6.07) is 5.55. The fourth-order valence-electron chi connectivity index (χ4n) is 2.76. The number of likely N-dealkylation sites (tertiary alicyclic amines) is 1. The highest BCUT2D eigenvalue weighted by Gasteiger charge is 2.20. The molecule has 1 aliphatic heterocycles. The first-order chi connectivity index (χ1) is 10.1. The van der Waals surface area contributed by atoms with Crippen molar-refractivity contribution in [3.05, 3.63) is 28.8 Å². The molecule has 116 valence electrons. The second kappa shape index (κ2) is 7.78. The van der Waals surface area contributed by atoms with Crippen molar-refractivity contribution < 1.29 is 4.79 Å². The minimum absolute atomic E-state index is 0.0347. The van der Waals surface area contributed by atoms with Crippen LogP contribution < -0.4 is 10.6 Å². The summed E-state index contributed by atoms with van der Waals surface area (Å²) in [6.07, 6.45) is 2.31. The summed E-state index contributed by atoms with van der Waals surface area (Å²) in [5, 5.41) is 6.83. The molecule has 1 heterocycles. The van der Waals surface area contributed by atoms with E-state index < -0.39 is 0 Å². The number of hydrogen-bond acceptors (Lipinski definition) is 3. The van der Waals surface area contributed by atoms with E-state index in [0.717, 1.165) is 49.6 Å². The molecule has 0 radical (unpaired) electrons. The molecular formula is C16H24ClN3O. The summed E-state index contributed by atoms with van der Waals surface area (Å²) in [5.41, 5.74) is 1.83. The predicted octanol–water partition coefficient (Wildman–Crippen LogP) is 2.52. The van der Waals surface area contributed by atoms with Gasteiger partial charge in [-0.05, 0) is 70.1 Å². The van der Waals surface area contributed by atoms with Crippen LogP contribution in [0.4, 0.5) is 5.69 Å². The van der Waals surface area contributed by atoms with Crippen LogP contribution in [-0.2, 0) is 4.79 Å². The first-order valence-electron chi connectivity index (χ1n) is 7.51. The summed E-state index contributed by atoms with van der Waals surface area (Å²) < 4.78 is 0. The van der Waals surface area contributed by atoms with Gasteiger partial charge in [0.2, 0.25) is 5.91 Å². The van der Waals surface area contributed by atoms with E-state index in [1.165, 1.54) is 0 Å². The van der Waals surface area contributed by atoms with E-state index in [1.807, 2.05) is 26.1 Å². The van der Waals surface area contributed by atoms with Crippen LogP contribution >= 0.6 is 11.6 Å². The number of anilines is 1. The Labute approximate surface area is 131 Å². The van der Waals surface area contributed by atoms with E-state index in [-0.39, 0.29) is 5.91 Å². The van der Waals surface area contributed by atoms with Gasteiger partial charge < -0.3 is 10.6 Å². The Bertz CT molecular complexity index is 484. The number of hydrogen-bond donors (Lipinski definition) is 2. The molecule has 1 saturated heterocycles. The largest absolute Gasteiger partial charge is 0.325 e. The Morgan fingerprint density at radius 2 is 2.10 bits per heavy atom. The molecule has 0 spiro atoms. The number of rotatable bonds is 5. The van der Waals surface area contributed by atoms with Crippen molar-refractivity contribution in [3.8, 4) is 0 Å². The molecule has 0 saturated carbocycles. The maximum absolute atomic E-state index is 12.1. The molecule has 4 nitrogen and oxygen atoms in total. The van der Waals surface area contributed by atoms with Crippen LogP contribution in [0.3, 0.4) is 0 Å². The third-order valence-electron chi connectivity index (χ3n) is 4.04. The van der Waals surface area contributed by atoms with Crippen LogP contribution in [0, 0.1) is 12.8 Å². The highest BCUT2D eigenvalue weighted by atomic mass is 35.5. The zero-order valence-corrected chi connectivity index (χ0v) is 13.5. The molecule has 1 amide bonds. The monoisotopic (exact) mass is 309 g/mol. The smallest absolute Gasteiger partial charge is 0.238 e. The molecular weight excluding hydrogens is 286 g/mol. The van der Waals surface area contributed by atoms with Crippen molar-refractivity contribution in [2.45, 2.75) is 19.8 Å². The molecule has 0 bridgehead atoms. The topological polar surface area (TPSA) is 44.4 Å². The number of nitrogens with one attached hydrogen (secondary N) is 2. The zero-order chi connectivity index (χ0) is 15.2. The van der Waals surface area contributed by atoms with Crippen LogP contribution in [0.5, 0.6) is 0 Å². The fourth-order valence-corrected chi connectivity index (χ4v) is 2.93. The number of carbonyl (C=O) groups excluding carboxylic acids is 1. The molecule has 1 fully saturated rings. The molecule has 1 aromatic rings. The number of nitrogens with zero attached hydrogens (tertiary/aromatic N) is 1. The van der Waals surface area contributed by atoms with Crippen LogP contribution in [0.2, 0.25) is 5.02 Å². The highest BCUT2D eigenvalue weighted by molar-refractivity contribution is 6.31. The van der Waals surface area contributed by atoms with Gasteiger partial charge in [0.25, 0.3) is 0 Å². The average molecular weight is 310 g/mol. The van der Waals surface area contributed by atoms with Crippen molar-refractivity contribution in [1.82, 2.24) is 10.2 Å². The third kappa shape index (κ3) is 4.99. The number of amides is 1. The summed E-state index contributed by atoms with van der Waals surface area (Å²) in [5.74, 6) is 0.775. The van der Waals surface area contributed by atoms with Gasteiger partial charge in [-0.1, -0.05) is 17.7 Å². The van der Waals surface area contributed by atoms with Crippen molar-refractivity contribution in [2.75, 3.05) is 38.5 Å². The van der Waals surface area contributed by atoms with E-state index in [2.05, 4.69) is 15.5 Å². The van der Waals surface area contributed by atoms with Gasteiger partial charge in [-0.2, -0.15) is 0 Å². The van der Waals surface area contributed by atoms with Crippen molar-refractivity contribution in [1.29, 1.82) is 0 Å². The van der Waals surface area contributed by atoms with Gasteiger partial charge in [-0.25, -0.2) is 0 Å². The quantitative estimate of drug-likeness (QED) is 0.878. The molecule has 2 N–H and O–H groups in total. The normalized spacial score (nSPS) is 16.9. The predicted molar refractivity (Wildman–Crippen MR) is 87.9 cm³/mol. The van der Waals surface area contributed by atoms with Crippen LogP contribution in [-0.4, -0.2) is 44.0 Å². The molecule has 0 atom stereocenters. The average Bonchev–Trinajstić information content (AvgIpc) is 2.45. The lowest BCUT2D eigenvalue weighted by molar-refractivity contribution is -0.117. The fraction of sp³-hybridized carbons (Fsp3) is 0.562. The first kappa shape index (κ1) is 16.3. The van der Waals surface area contributed by atoms with Gasteiger partial charge in [-0.3, -0.25) is 9.69 Å². The molecule has 5 heteroatoms. The lowest BCUT2D eigenvalue weighted by Crippen LogP contribution is -2.40. The molecule has 0 aliphatic carbocycles. The minimum Gasteiger partial charge on any atom is -0.325 e. The van der Waals surface area contributed by atoms with E-state index >= 15 is 0 Å². The minimum atomic E-state index is 0.0347. The first-order valence-corrected chi connectivity index (χ1v) is 7.89. The Morgan fingerprint density at radius 3 is 2.76 bits per heavy atom. The van der Waals surface area contributed by atoms with Gasteiger partial charge in [-0.15, -0.1) is 0 Å². The highest BCUT2D eigenvalue weighted by Crippen LogP contribution is 2.20. The molecule has 21 heavy (non-hydrogen) atoms. The van der Waals surface area contributed by atoms with Crippen molar-refractivity contribution in [2.24, 2.45) is 5.92 Å². The molecule has 2 rings (SSSR count). The second-order valence-electron chi connectivity index (χ2n) is 5.78. The van der Waals surface area contributed by atoms with Gasteiger partial charge in [0.05, 0.1) is 6.54 Å². The van der Waals surface area contributed by atoms with Crippen LogP contribution in [0.15, 0.2) is 18.2 Å². The van der Waals surface area contributed by atoms with Gasteiger partial charge in [0, 0.05) is 10.7 Å². The molecule has 0 unspecified atom stereocenters. The number of benzene rings is 1. The summed E-state index contributed by atoms with van der Waals surface area (Å²) in [4.78, 5) is 14.4. The van der Waals surface area contributed by atoms with E-state index in [4.69, 9.17) is 11.6 Å². The number of aryl methyl sites for hydroxylation is 1. The van der Waals surface area contributed by atoms with E-state index in [0.29, 0.717) is 11.6 Å². The molecule has 0 aromatic heterocycles. The number of carbonyl (C=O) groups is 1. The number of piperidine rings is 1. The third-order valence-corrected chi connectivity index (χ3v) is 4.28. The summed E-state index contributed by atoms with van der Waals surface area (Å²) >= 11 is 5.97. The SMILES string of the molecule is CNCC1CCN(CC(=O)Nc2cc(Cl)ccc2C)CC1. The van der Waals surface area contributed by atoms with Gasteiger partial charge in [0.15, 0.2) is 0 Å². The van der Waals surface area contributed by atoms with Crippen LogP contribution in [0.25, 0.3) is 0 Å². The Morgan fingerprint density at radius 1 is 1.38 bits per heavy atom. The van der Waals surface area contributed by atoms with Crippen LogP contribution in [0.1, 0.15) is 18.4 Å². The lowest BCUT2D eigenvalue weighted by Gasteiger charge is -2.31. The van der Waals surface area contributed by atoms with E-state index in [1.54, 1.807) is 6.07 Å². The van der Waals surface area contributed by atoms with Crippen molar-refractivity contribution in [3.63, 3.8) is 0 Å². The maximum Gasteiger partial charge on any atom is 0.238 e. The maximum atomic E-state index is 12.1. The van der Waals surface area contributed by atoms with Gasteiger partial charge >= 0.3 is 0 Å². The van der Waals surface area contributed by atoms with Gasteiger partial charge in [0.1, 0.15) is 0 Å². The summed E-state index contributed by atoms with van der Waals surface area (Å²) in [6.45, 7) is 5.48. The Kier molecular flexibility index (Phi) is 6.03. The van der Waals surface area contributed by atoms with E-state index in [9.17, 15) is 4.79 Å².